The van der Waals surface area contributed by atoms with Crippen molar-refractivity contribution in [3.05, 3.63) is 40.7 Å². The van der Waals surface area contributed by atoms with Gasteiger partial charge in [-0.3, -0.25) is 15.1 Å². The van der Waals surface area contributed by atoms with Crippen molar-refractivity contribution < 1.29 is 4.92 Å². The highest BCUT2D eigenvalue weighted by Crippen LogP contribution is 2.30. The number of benzene rings is 1. The maximum atomic E-state index is 10.9. The highest BCUT2D eigenvalue weighted by atomic mass is 16.6. The van der Waals surface area contributed by atoms with Gasteiger partial charge >= 0.3 is 0 Å². The van der Waals surface area contributed by atoms with Crippen molar-refractivity contribution in [2.24, 2.45) is 0 Å². The second-order valence-electron chi connectivity index (χ2n) is 4.11. The number of anilines is 1. The minimum Gasteiger partial charge on any atom is -0.382 e. The Balaban J connectivity index is 2.66. The number of rotatable bonds is 3. The molecule has 2 rings (SSSR count). The van der Waals surface area contributed by atoms with E-state index in [-0.39, 0.29) is 16.7 Å². The van der Waals surface area contributed by atoms with Gasteiger partial charge in [-0.15, -0.1) is 0 Å². The lowest BCUT2D eigenvalue weighted by atomic mass is 10.1. The van der Waals surface area contributed by atoms with Crippen molar-refractivity contribution in [3.63, 3.8) is 0 Å². The monoisotopic (exact) mass is 231 g/mol. The first kappa shape index (κ1) is 11.3. The predicted molar refractivity (Wildman–Crippen MR) is 67.2 cm³/mol. The van der Waals surface area contributed by atoms with E-state index in [2.05, 4.69) is 10.3 Å². The number of nitro groups is 1. The van der Waals surface area contributed by atoms with E-state index in [1.165, 1.54) is 12.3 Å². The van der Waals surface area contributed by atoms with Gasteiger partial charge in [0, 0.05) is 35.6 Å². The van der Waals surface area contributed by atoms with Crippen LogP contribution in [0.15, 0.2) is 30.6 Å². The molecule has 17 heavy (non-hydrogen) atoms. The molecule has 0 spiro atoms. The van der Waals surface area contributed by atoms with Gasteiger partial charge in [-0.2, -0.15) is 0 Å². The van der Waals surface area contributed by atoms with E-state index < -0.39 is 0 Å². The summed E-state index contributed by atoms with van der Waals surface area (Å²) >= 11 is 0. The van der Waals surface area contributed by atoms with E-state index in [9.17, 15) is 10.1 Å². The summed E-state index contributed by atoms with van der Waals surface area (Å²) in [6.45, 7) is 4.04. The summed E-state index contributed by atoms with van der Waals surface area (Å²) in [4.78, 5) is 14.5. The molecule has 0 saturated carbocycles. The van der Waals surface area contributed by atoms with Crippen LogP contribution in [0.2, 0.25) is 0 Å². The third-order valence-electron chi connectivity index (χ3n) is 2.44. The number of nitro benzene ring substituents is 1. The van der Waals surface area contributed by atoms with Crippen molar-refractivity contribution in [3.8, 4) is 0 Å². The summed E-state index contributed by atoms with van der Waals surface area (Å²) in [5, 5.41) is 15.5. The van der Waals surface area contributed by atoms with Gasteiger partial charge in [0.15, 0.2) is 0 Å². The van der Waals surface area contributed by atoms with E-state index >= 15 is 0 Å². The Morgan fingerprint density at radius 1 is 1.29 bits per heavy atom. The van der Waals surface area contributed by atoms with Gasteiger partial charge in [0.25, 0.3) is 5.69 Å². The molecule has 5 nitrogen and oxygen atoms in total. The molecular formula is C12H13N3O2. The molecule has 0 aliphatic heterocycles. The summed E-state index contributed by atoms with van der Waals surface area (Å²) in [7, 11) is 0. The number of nitrogens with zero attached hydrogens (tertiary/aromatic N) is 2. The van der Waals surface area contributed by atoms with Gasteiger partial charge in [-0.1, -0.05) is 0 Å². The lowest BCUT2D eigenvalue weighted by Gasteiger charge is -2.12. The average molecular weight is 231 g/mol. The standard InChI is InChI=1S/C12H13N3O2/c1-8(2)14-11-3-4-12(15(16)17)10-7-13-6-5-9(10)11/h3-8,14H,1-2H3. The molecule has 5 heteroatoms. The molecule has 0 radical (unpaired) electrons. The van der Waals surface area contributed by atoms with Gasteiger partial charge in [-0.25, -0.2) is 0 Å². The Morgan fingerprint density at radius 3 is 2.71 bits per heavy atom. The Bertz CT molecular complexity index is 567. The van der Waals surface area contributed by atoms with Gasteiger partial charge in [0.2, 0.25) is 0 Å². The Morgan fingerprint density at radius 2 is 2.06 bits per heavy atom. The molecular weight excluding hydrogens is 218 g/mol. The SMILES string of the molecule is CC(C)Nc1ccc([N+](=O)[O-])c2cnccc12. The van der Waals surface area contributed by atoms with Crippen LogP contribution in [-0.2, 0) is 0 Å². The van der Waals surface area contributed by atoms with Crippen LogP contribution in [0, 0.1) is 10.1 Å². The quantitative estimate of drug-likeness (QED) is 0.651. The van der Waals surface area contributed by atoms with Gasteiger partial charge in [0.05, 0.1) is 10.3 Å². The molecule has 1 N–H and O–H groups in total. The molecule has 0 amide bonds. The summed E-state index contributed by atoms with van der Waals surface area (Å²) in [5.41, 5.74) is 0.977. The number of aromatic nitrogens is 1. The Kier molecular flexibility index (Phi) is 2.91. The van der Waals surface area contributed by atoms with Crippen molar-refractivity contribution >= 4 is 22.1 Å². The molecule has 0 atom stereocenters. The summed E-state index contributed by atoms with van der Waals surface area (Å²) in [5.74, 6) is 0. The predicted octanol–water partition coefficient (Wildman–Crippen LogP) is 2.96. The average Bonchev–Trinajstić information content (AvgIpc) is 2.28. The summed E-state index contributed by atoms with van der Waals surface area (Å²) in [6.07, 6.45) is 3.16. The van der Waals surface area contributed by atoms with Crippen LogP contribution in [0.25, 0.3) is 10.8 Å². The zero-order valence-electron chi connectivity index (χ0n) is 9.68. The molecule has 0 aliphatic rings. The highest BCUT2D eigenvalue weighted by Gasteiger charge is 2.14. The van der Waals surface area contributed by atoms with Gasteiger partial charge < -0.3 is 5.32 Å². The van der Waals surface area contributed by atoms with Crippen molar-refractivity contribution in [1.82, 2.24) is 4.98 Å². The zero-order valence-corrected chi connectivity index (χ0v) is 9.68. The van der Waals surface area contributed by atoms with Crippen molar-refractivity contribution in [2.75, 3.05) is 5.32 Å². The minimum absolute atomic E-state index is 0.0856. The summed E-state index contributed by atoms with van der Waals surface area (Å²) < 4.78 is 0. The van der Waals surface area contributed by atoms with E-state index in [4.69, 9.17) is 0 Å². The van der Waals surface area contributed by atoms with Crippen LogP contribution >= 0.6 is 0 Å². The van der Waals surface area contributed by atoms with Crippen LogP contribution in [0.3, 0.4) is 0 Å². The lowest BCUT2D eigenvalue weighted by Crippen LogP contribution is -2.10. The lowest BCUT2D eigenvalue weighted by molar-refractivity contribution is -0.383. The molecule has 88 valence electrons. The van der Waals surface area contributed by atoms with Crippen LogP contribution in [-0.4, -0.2) is 15.9 Å². The van der Waals surface area contributed by atoms with Crippen molar-refractivity contribution in [2.45, 2.75) is 19.9 Å². The van der Waals surface area contributed by atoms with E-state index in [0.717, 1.165) is 11.1 Å². The summed E-state index contributed by atoms with van der Waals surface area (Å²) in [6, 6.07) is 5.30. The van der Waals surface area contributed by atoms with E-state index in [0.29, 0.717) is 5.39 Å². The largest absolute Gasteiger partial charge is 0.382 e. The van der Waals surface area contributed by atoms with E-state index in [1.807, 2.05) is 13.8 Å². The Hall–Kier alpha value is -2.17. The zero-order chi connectivity index (χ0) is 12.4. The minimum atomic E-state index is -0.386. The Labute approximate surface area is 98.6 Å². The fourth-order valence-electron chi connectivity index (χ4n) is 1.77. The molecule has 0 fully saturated rings. The molecule has 1 aromatic heterocycles. The maximum Gasteiger partial charge on any atom is 0.278 e. The first-order chi connectivity index (χ1) is 8.09. The highest BCUT2D eigenvalue weighted by molar-refractivity contribution is 5.99. The van der Waals surface area contributed by atoms with Crippen LogP contribution < -0.4 is 5.32 Å². The third-order valence-corrected chi connectivity index (χ3v) is 2.44. The van der Waals surface area contributed by atoms with Crippen LogP contribution in [0.5, 0.6) is 0 Å². The maximum absolute atomic E-state index is 10.9. The normalized spacial score (nSPS) is 10.8. The first-order valence-electron chi connectivity index (χ1n) is 5.37. The molecule has 0 unspecified atom stereocenters. The fourth-order valence-corrected chi connectivity index (χ4v) is 1.77. The number of nitrogens with one attached hydrogen (secondary N) is 1. The van der Waals surface area contributed by atoms with Gasteiger partial charge in [0.1, 0.15) is 0 Å². The fraction of sp³-hybridized carbons (Fsp3) is 0.250. The van der Waals surface area contributed by atoms with Crippen molar-refractivity contribution in [1.29, 1.82) is 0 Å². The number of non-ortho nitro benzene ring substituents is 1. The molecule has 1 heterocycles. The topological polar surface area (TPSA) is 68.1 Å². The third kappa shape index (κ3) is 2.18. The first-order valence-corrected chi connectivity index (χ1v) is 5.37. The van der Waals surface area contributed by atoms with E-state index in [1.54, 1.807) is 18.3 Å². The second kappa shape index (κ2) is 4.37. The number of hydrogen-bond donors (Lipinski definition) is 1. The van der Waals surface area contributed by atoms with Crippen LogP contribution in [0.4, 0.5) is 11.4 Å². The molecule has 0 aliphatic carbocycles. The molecule has 1 aromatic carbocycles. The molecule has 2 aromatic rings. The molecule has 0 saturated heterocycles. The number of pyridine rings is 1. The number of fused-ring (bicyclic) bond motifs is 1. The smallest absolute Gasteiger partial charge is 0.278 e. The molecule has 0 bridgehead atoms. The second-order valence-corrected chi connectivity index (χ2v) is 4.11. The van der Waals surface area contributed by atoms with Gasteiger partial charge in [-0.05, 0) is 26.0 Å². The van der Waals surface area contributed by atoms with Crippen LogP contribution in [0.1, 0.15) is 13.8 Å². The number of hydrogen-bond acceptors (Lipinski definition) is 4.